The Morgan fingerprint density at radius 2 is 1.85 bits per heavy atom. The third kappa shape index (κ3) is 1.84. The molecule has 1 N–H and O–H groups in total. The Labute approximate surface area is 113 Å². The molecule has 0 atom stereocenters. The standard InChI is InChI=1S/C15H11FN2O2/c1-9-8-10(16)6-7-13(9)18-14(19)11-4-2-3-5-12(11)17-15(18)20/h2-8H,1H3,(H,17,20). The molecule has 0 unspecified atom stereocenters. The summed E-state index contributed by atoms with van der Waals surface area (Å²) in [5, 5.41) is 0.413. The summed E-state index contributed by atoms with van der Waals surface area (Å²) in [6.45, 7) is 1.65. The minimum atomic E-state index is -0.539. The maximum atomic E-state index is 13.1. The van der Waals surface area contributed by atoms with Crippen LogP contribution in [0, 0.1) is 12.7 Å². The first-order chi connectivity index (χ1) is 9.58. The minimum absolute atomic E-state index is 0.378. The van der Waals surface area contributed by atoms with Crippen molar-refractivity contribution in [2.45, 2.75) is 6.92 Å². The molecule has 0 bridgehead atoms. The largest absolute Gasteiger partial charge is 0.333 e. The summed E-state index contributed by atoms with van der Waals surface area (Å²) in [5.41, 5.74) is 0.428. The summed E-state index contributed by atoms with van der Waals surface area (Å²) >= 11 is 0. The smallest absolute Gasteiger partial charge is 0.306 e. The Morgan fingerprint density at radius 1 is 1.10 bits per heavy atom. The van der Waals surface area contributed by atoms with Gasteiger partial charge in [0.25, 0.3) is 5.56 Å². The molecule has 3 rings (SSSR count). The molecule has 4 nitrogen and oxygen atoms in total. The molecule has 1 heterocycles. The van der Waals surface area contributed by atoms with Gasteiger partial charge in [-0.15, -0.1) is 0 Å². The van der Waals surface area contributed by atoms with Crippen LogP contribution < -0.4 is 11.2 Å². The van der Waals surface area contributed by atoms with Crippen LogP contribution in [0.15, 0.2) is 52.1 Å². The molecule has 1 aromatic heterocycles. The number of rotatable bonds is 1. The summed E-state index contributed by atoms with van der Waals surface area (Å²) in [6.07, 6.45) is 0. The Bertz CT molecular complexity index is 925. The molecule has 0 amide bonds. The van der Waals surface area contributed by atoms with Crippen LogP contribution >= 0.6 is 0 Å². The Kier molecular flexibility index (Phi) is 2.75. The molecule has 0 spiro atoms. The summed E-state index contributed by atoms with van der Waals surface area (Å²) in [7, 11) is 0. The fourth-order valence-corrected chi connectivity index (χ4v) is 2.25. The topological polar surface area (TPSA) is 54.9 Å². The molecule has 0 aliphatic rings. The number of aromatic amines is 1. The third-order valence-corrected chi connectivity index (χ3v) is 3.20. The first-order valence-electron chi connectivity index (χ1n) is 6.08. The van der Waals surface area contributed by atoms with Gasteiger partial charge in [-0.1, -0.05) is 12.1 Å². The molecule has 3 aromatic rings. The fraction of sp³-hybridized carbons (Fsp3) is 0.0667. The molecule has 0 aliphatic heterocycles. The minimum Gasteiger partial charge on any atom is -0.306 e. The van der Waals surface area contributed by atoms with Crippen LogP contribution in [0.4, 0.5) is 4.39 Å². The zero-order chi connectivity index (χ0) is 14.3. The van der Waals surface area contributed by atoms with Crippen molar-refractivity contribution in [2.24, 2.45) is 0 Å². The molecule has 0 saturated heterocycles. The van der Waals surface area contributed by atoms with Crippen molar-refractivity contribution in [1.82, 2.24) is 9.55 Å². The predicted molar refractivity (Wildman–Crippen MR) is 74.9 cm³/mol. The maximum Gasteiger partial charge on any atom is 0.333 e. The van der Waals surface area contributed by atoms with E-state index in [1.807, 2.05) is 0 Å². The lowest BCUT2D eigenvalue weighted by Gasteiger charge is -2.09. The number of H-pyrrole nitrogens is 1. The normalized spacial score (nSPS) is 10.9. The van der Waals surface area contributed by atoms with E-state index in [0.717, 1.165) is 4.57 Å². The van der Waals surface area contributed by atoms with Gasteiger partial charge in [0.2, 0.25) is 0 Å². The Morgan fingerprint density at radius 3 is 2.60 bits per heavy atom. The number of aryl methyl sites for hydroxylation is 1. The van der Waals surface area contributed by atoms with Gasteiger partial charge in [0.1, 0.15) is 5.82 Å². The van der Waals surface area contributed by atoms with Gasteiger partial charge in [-0.25, -0.2) is 13.8 Å². The lowest BCUT2D eigenvalue weighted by atomic mass is 10.2. The van der Waals surface area contributed by atoms with Gasteiger partial charge in [-0.05, 0) is 42.8 Å². The van der Waals surface area contributed by atoms with Gasteiger partial charge in [0.15, 0.2) is 0 Å². The van der Waals surface area contributed by atoms with E-state index in [2.05, 4.69) is 4.98 Å². The lowest BCUT2D eigenvalue weighted by molar-refractivity contribution is 0.625. The van der Waals surface area contributed by atoms with Crippen LogP contribution in [-0.4, -0.2) is 9.55 Å². The van der Waals surface area contributed by atoms with Crippen LogP contribution in [0.2, 0.25) is 0 Å². The van der Waals surface area contributed by atoms with Crippen molar-refractivity contribution in [3.8, 4) is 5.69 Å². The average molecular weight is 270 g/mol. The van der Waals surface area contributed by atoms with Crippen molar-refractivity contribution in [1.29, 1.82) is 0 Å². The molecular weight excluding hydrogens is 259 g/mol. The number of nitrogens with zero attached hydrogens (tertiary/aromatic N) is 1. The highest BCUT2D eigenvalue weighted by Gasteiger charge is 2.11. The second-order valence-corrected chi connectivity index (χ2v) is 4.55. The number of hydrogen-bond acceptors (Lipinski definition) is 2. The highest BCUT2D eigenvalue weighted by Crippen LogP contribution is 2.13. The second-order valence-electron chi connectivity index (χ2n) is 4.55. The number of benzene rings is 2. The number of aromatic nitrogens is 2. The predicted octanol–water partition coefficient (Wildman–Crippen LogP) is 2.13. The number of fused-ring (bicyclic) bond motifs is 1. The lowest BCUT2D eigenvalue weighted by Crippen LogP contribution is -2.34. The van der Waals surface area contributed by atoms with Gasteiger partial charge >= 0.3 is 5.69 Å². The zero-order valence-corrected chi connectivity index (χ0v) is 10.7. The molecule has 20 heavy (non-hydrogen) atoms. The maximum absolute atomic E-state index is 13.1. The monoisotopic (exact) mass is 270 g/mol. The molecule has 100 valence electrons. The van der Waals surface area contributed by atoms with Crippen LogP contribution in [0.1, 0.15) is 5.56 Å². The Balaban J connectivity index is 2.43. The van der Waals surface area contributed by atoms with Gasteiger partial charge in [0, 0.05) is 0 Å². The van der Waals surface area contributed by atoms with Crippen molar-refractivity contribution < 1.29 is 4.39 Å². The van der Waals surface area contributed by atoms with E-state index >= 15 is 0 Å². The SMILES string of the molecule is Cc1cc(F)ccc1-n1c(=O)[nH]c2ccccc2c1=O. The average Bonchev–Trinajstić information content (AvgIpc) is 2.41. The molecule has 5 heteroatoms. The molecule has 0 fully saturated rings. The highest BCUT2D eigenvalue weighted by atomic mass is 19.1. The Hall–Kier alpha value is -2.69. The van der Waals surface area contributed by atoms with Crippen molar-refractivity contribution in [3.05, 3.63) is 74.7 Å². The van der Waals surface area contributed by atoms with Crippen molar-refractivity contribution >= 4 is 10.9 Å². The molecule has 2 aromatic carbocycles. The van der Waals surface area contributed by atoms with Crippen LogP contribution in [0.5, 0.6) is 0 Å². The number of nitrogens with one attached hydrogen (secondary N) is 1. The summed E-state index contributed by atoms with van der Waals surface area (Å²) < 4.78 is 14.2. The second kappa shape index (κ2) is 4.45. The van der Waals surface area contributed by atoms with E-state index in [1.54, 1.807) is 31.2 Å². The first-order valence-corrected chi connectivity index (χ1v) is 6.08. The van der Waals surface area contributed by atoms with Crippen molar-refractivity contribution in [3.63, 3.8) is 0 Å². The summed E-state index contributed by atoms with van der Waals surface area (Å²) in [5.74, 6) is -0.406. The molecule has 0 saturated carbocycles. The van der Waals surface area contributed by atoms with Crippen LogP contribution in [-0.2, 0) is 0 Å². The van der Waals surface area contributed by atoms with Gasteiger partial charge < -0.3 is 4.98 Å². The molecule has 0 radical (unpaired) electrons. The van der Waals surface area contributed by atoms with Crippen LogP contribution in [0.3, 0.4) is 0 Å². The third-order valence-electron chi connectivity index (χ3n) is 3.20. The van der Waals surface area contributed by atoms with Gasteiger partial charge in [-0.3, -0.25) is 4.79 Å². The summed E-state index contributed by atoms with van der Waals surface area (Å²) in [6, 6.07) is 10.7. The number of halogens is 1. The van der Waals surface area contributed by atoms with E-state index in [0.29, 0.717) is 22.2 Å². The van der Waals surface area contributed by atoms with Crippen molar-refractivity contribution in [2.75, 3.05) is 0 Å². The highest BCUT2D eigenvalue weighted by molar-refractivity contribution is 5.77. The quantitative estimate of drug-likeness (QED) is 0.736. The molecular formula is C15H11FN2O2. The van der Waals surface area contributed by atoms with Gasteiger partial charge in [-0.2, -0.15) is 0 Å². The summed E-state index contributed by atoms with van der Waals surface area (Å²) in [4.78, 5) is 27.2. The molecule has 0 aliphatic carbocycles. The number of para-hydroxylation sites is 1. The van der Waals surface area contributed by atoms with Gasteiger partial charge in [0.05, 0.1) is 16.6 Å². The number of hydrogen-bond donors (Lipinski definition) is 1. The first kappa shape index (κ1) is 12.3. The zero-order valence-electron chi connectivity index (χ0n) is 10.7. The van der Waals surface area contributed by atoms with E-state index in [1.165, 1.54) is 18.2 Å². The van der Waals surface area contributed by atoms with E-state index in [-0.39, 0.29) is 0 Å². The fourth-order valence-electron chi connectivity index (χ4n) is 2.25. The van der Waals surface area contributed by atoms with Crippen LogP contribution in [0.25, 0.3) is 16.6 Å². The van der Waals surface area contributed by atoms with E-state index in [4.69, 9.17) is 0 Å². The van der Waals surface area contributed by atoms with E-state index in [9.17, 15) is 14.0 Å². The van der Waals surface area contributed by atoms with E-state index < -0.39 is 17.1 Å².